The van der Waals surface area contributed by atoms with Gasteiger partial charge in [0.1, 0.15) is 9.39 Å². The number of nitrogens with one attached hydrogen (secondary N) is 1. The second-order valence-electron chi connectivity index (χ2n) is 3.94. The Bertz CT molecular complexity index is 416. The smallest absolute Gasteiger partial charge is 0.266 e. The number of anilines is 1. The summed E-state index contributed by atoms with van der Waals surface area (Å²) in [5.74, 6) is 0.777. The summed E-state index contributed by atoms with van der Waals surface area (Å²) in [6.45, 7) is 1.35. The van der Waals surface area contributed by atoms with Gasteiger partial charge in [-0.1, -0.05) is 0 Å². The molecule has 6 heteroatoms. The molecule has 1 heterocycles. The lowest BCUT2D eigenvalue weighted by atomic mass is 9.91. The fraction of sp³-hybridized carbons (Fsp3) is 0.600. The lowest BCUT2D eigenvalue weighted by Gasteiger charge is -2.38. The molecular formula is C10H15IN4O. The highest BCUT2D eigenvalue weighted by atomic mass is 127. The molecule has 0 bridgehead atoms. The average molecular weight is 334 g/mol. The van der Waals surface area contributed by atoms with Gasteiger partial charge in [0.05, 0.1) is 6.33 Å². The first kappa shape index (κ1) is 11.8. The molecule has 0 radical (unpaired) electrons. The molecule has 3 N–H and O–H groups in total. The zero-order valence-electron chi connectivity index (χ0n) is 8.95. The molecule has 16 heavy (non-hydrogen) atoms. The molecule has 1 saturated carbocycles. The van der Waals surface area contributed by atoms with Crippen molar-refractivity contribution < 1.29 is 0 Å². The maximum absolute atomic E-state index is 11.5. The Morgan fingerprint density at radius 3 is 2.94 bits per heavy atom. The van der Waals surface area contributed by atoms with Crippen LogP contribution < -0.4 is 16.2 Å². The predicted octanol–water partition coefficient (Wildman–Crippen LogP) is 0.692. The molecule has 0 spiro atoms. The van der Waals surface area contributed by atoms with Gasteiger partial charge in [0.2, 0.25) is 0 Å². The third kappa shape index (κ3) is 2.22. The van der Waals surface area contributed by atoms with Crippen molar-refractivity contribution >= 4 is 28.4 Å². The van der Waals surface area contributed by atoms with E-state index in [1.54, 1.807) is 0 Å². The fourth-order valence-corrected chi connectivity index (χ4v) is 2.48. The van der Waals surface area contributed by atoms with E-state index >= 15 is 0 Å². The van der Waals surface area contributed by atoms with Crippen LogP contribution in [-0.4, -0.2) is 29.1 Å². The van der Waals surface area contributed by atoms with Crippen LogP contribution in [0.15, 0.2) is 11.1 Å². The van der Waals surface area contributed by atoms with Crippen LogP contribution in [0.5, 0.6) is 0 Å². The number of nitrogens with two attached hydrogens (primary N) is 1. The SMILES string of the molecule is NCCN(c1nc[nH]c(=O)c1I)C1CCC1. The van der Waals surface area contributed by atoms with Crippen LogP contribution in [0.25, 0.3) is 0 Å². The minimum absolute atomic E-state index is 0.0769. The fourth-order valence-electron chi connectivity index (χ4n) is 1.87. The zero-order valence-corrected chi connectivity index (χ0v) is 11.1. The van der Waals surface area contributed by atoms with Gasteiger partial charge in [-0.05, 0) is 41.9 Å². The van der Waals surface area contributed by atoms with Gasteiger partial charge in [0.25, 0.3) is 5.56 Å². The number of H-pyrrole nitrogens is 1. The van der Waals surface area contributed by atoms with Crippen LogP contribution in [0.2, 0.25) is 0 Å². The first-order chi connectivity index (χ1) is 7.74. The third-order valence-corrected chi connectivity index (χ3v) is 3.91. The molecule has 1 aliphatic rings. The molecule has 1 aromatic heterocycles. The molecule has 0 atom stereocenters. The van der Waals surface area contributed by atoms with E-state index in [2.05, 4.69) is 14.9 Å². The highest BCUT2D eigenvalue weighted by Crippen LogP contribution is 2.29. The average Bonchev–Trinajstić information content (AvgIpc) is 2.19. The van der Waals surface area contributed by atoms with Crippen LogP contribution in [0.4, 0.5) is 5.82 Å². The zero-order chi connectivity index (χ0) is 11.5. The van der Waals surface area contributed by atoms with E-state index in [4.69, 9.17) is 5.73 Å². The summed E-state index contributed by atoms with van der Waals surface area (Å²) < 4.78 is 0.653. The van der Waals surface area contributed by atoms with E-state index in [-0.39, 0.29) is 5.56 Å². The summed E-state index contributed by atoms with van der Waals surface area (Å²) in [6.07, 6.45) is 5.06. The number of nitrogens with zero attached hydrogens (tertiary/aromatic N) is 2. The van der Waals surface area contributed by atoms with Crippen molar-refractivity contribution in [2.75, 3.05) is 18.0 Å². The summed E-state index contributed by atoms with van der Waals surface area (Å²) in [5, 5.41) is 0. The van der Waals surface area contributed by atoms with Gasteiger partial charge in [-0.15, -0.1) is 0 Å². The van der Waals surface area contributed by atoms with Crippen LogP contribution >= 0.6 is 22.6 Å². The van der Waals surface area contributed by atoms with Crippen molar-refractivity contribution in [3.63, 3.8) is 0 Å². The second-order valence-corrected chi connectivity index (χ2v) is 5.01. The first-order valence-corrected chi connectivity index (χ1v) is 6.52. The van der Waals surface area contributed by atoms with Crippen LogP contribution in [0, 0.1) is 3.57 Å². The Morgan fingerprint density at radius 1 is 1.62 bits per heavy atom. The van der Waals surface area contributed by atoms with Gasteiger partial charge >= 0.3 is 0 Å². The number of rotatable bonds is 4. The highest BCUT2D eigenvalue weighted by Gasteiger charge is 2.27. The van der Waals surface area contributed by atoms with E-state index in [0.29, 0.717) is 16.2 Å². The molecule has 0 amide bonds. The summed E-state index contributed by atoms with van der Waals surface area (Å²) in [6, 6.07) is 0.506. The van der Waals surface area contributed by atoms with Crippen molar-refractivity contribution in [2.45, 2.75) is 25.3 Å². The van der Waals surface area contributed by atoms with Gasteiger partial charge in [0.15, 0.2) is 0 Å². The standard InChI is InChI=1S/C10H15IN4O/c11-8-9(13-6-14-10(8)16)15(5-4-12)7-2-1-3-7/h6-7H,1-5,12H2,(H,13,14,16). The number of aromatic nitrogens is 2. The maximum Gasteiger partial charge on any atom is 0.266 e. The number of aromatic amines is 1. The number of hydrogen-bond donors (Lipinski definition) is 2. The number of hydrogen-bond acceptors (Lipinski definition) is 4. The summed E-state index contributed by atoms with van der Waals surface area (Å²) in [5.41, 5.74) is 5.54. The van der Waals surface area contributed by atoms with Gasteiger partial charge in [-0.3, -0.25) is 4.79 Å². The van der Waals surface area contributed by atoms with E-state index in [0.717, 1.165) is 12.4 Å². The minimum Gasteiger partial charge on any atom is -0.351 e. The van der Waals surface area contributed by atoms with Crippen LogP contribution in [0.1, 0.15) is 19.3 Å². The Kier molecular flexibility index (Phi) is 3.80. The Labute approximate surface area is 108 Å². The van der Waals surface area contributed by atoms with E-state index in [1.807, 2.05) is 22.6 Å². The molecule has 2 rings (SSSR count). The van der Waals surface area contributed by atoms with Gasteiger partial charge in [-0.25, -0.2) is 4.98 Å². The lowest BCUT2D eigenvalue weighted by molar-refractivity contribution is 0.385. The van der Waals surface area contributed by atoms with Crippen molar-refractivity contribution in [1.82, 2.24) is 9.97 Å². The van der Waals surface area contributed by atoms with Crippen molar-refractivity contribution in [3.8, 4) is 0 Å². The van der Waals surface area contributed by atoms with Gasteiger partial charge in [0, 0.05) is 19.1 Å². The molecule has 0 saturated heterocycles. The van der Waals surface area contributed by atoms with Gasteiger partial charge in [-0.2, -0.15) is 0 Å². The Hall–Kier alpha value is -0.630. The van der Waals surface area contributed by atoms with Crippen LogP contribution in [-0.2, 0) is 0 Å². The maximum atomic E-state index is 11.5. The molecule has 0 unspecified atom stereocenters. The van der Waals surface area contributed by atoms with E-state index < -0.39 is 0 Å². The minimum atomic E-state index is -0.0769. The summed E-state index contributed by atoms with van der Waals surface area (Å²) >= 11 is 2.04. The van der Waals surface area contributed by atoms with Gasteiger partial charge < -0.3 is 15.6 Å². The molecule has 1 aromatic rings. The quantitative estimate of drug-likeness (QED) is 0.795. The summed E-state index contributed by atoms with van der Waals surface area (Å²) in [7, 11) is 0. The first-order valence-electron chi connectivity index (χ1n) is 5.44. The molecule has 5 nitrogen and oxygen atoms in total. The van der Waals surface area contributed by atoms with Crippen molar-refractivity contribution in [2.24, 2.45) is 5.73 Å². The monoisotopic (exact) mass is 334 g/mol. The molecule has 1 aliphatic carbocycles. The predicted molar refractivity (Wildman–Crippen MR) is 71.6 cm³/mol. The second kappa shape index (κ2) is 5.13. The van der Waals surface area contributed by atoms with E-state index in [9.17, 15) is 4.79 Å². The third-order valence-electron chi connectivity index (χ3n) is 2.94. The normalized spacial score (nSPS) is 15.9. The van der Waals surface area contributed by atoms with E-state index in [1.165, 1.54) is 25.6 Å². The Morgan fingerprint density at radius 2 is 2.38 bits per heavy atom. The molecule has 0 aromatic carbocycles. The lowest BCUT2D eigenvalue weighted by Crippen LogP contribution is -2.44. The largest absolute Gasteiger partial charge is 0.351 e. The molecule has 88 valence electrons. The number of halogens is 1. The molecule has 0 aliphatic heterocycles. The Balaban J connectivity index is 2.30. The summed E-state index contributed by atoms with van der Waals surface area (Å²) in [4.78, 5) is 20.5. The van der Waals surface area contributed by atoms with Crippen molar-refractivity contribution in [1.29, 1.82) is 0 Å². The van der Waals surface area contributed by atoms with Crippen LogP contribution in [0.3, 0.4) is 0 Å². The molecular weight excluding hydrogens is 319 g/mol. The topological polar surface area (TPSA) is 75.0 Å². The molecule has 1 fully saturated rings. The van der Waals surface area contributed by atoms with Crippen molar-refractivity contribution in [3.05, 3.63) is 20.3 Å². The highest BCUT2D eigenvalue weighted by molar-refractivity contribution is 14.1.